The number of nitrogens with zero attached hydrogens (tertiary/aromatic N) is 1. The standard InChI is InChI=1S/C11H18N2O2/c12-11(15)9-7-10(14)8-5-3-1-2-4-6-13(8)9/h8-9H,1-7H2,(H2,12,15). The molecule has 2 atom stereocenters. The van der Waals surface area contributed by atoms with E-state index in [0.717, 1.165) is 25.8 Å². The highest BCUT2D eigenvalue weighted by Crippen LogP contribution is 2.27. The number of hydrogen-bond donors (Lipinski definition) is 1. The first-order valence-electron chi connectivity index (χ1n) is 5.78. The number of carbonyl (C=O) groups excluding carboxylic acids is 2. The SMILES string of the molecule is NC(=O)C1CC(=O)C2CCCCCCN12. The highest BCUT2D eigenvalue weighted by molar-refractivity contribution is 5.94. The van der Waals surface area contributed by atoms with Gasteiger partial charge in [-0.3, -0.25) is 14.5 Å². The van der Waals surface area contributed by atoms with Gasteiger partial charge in [0.05, 0.1) is 12.1 Å². The summed E-state index contributed by atoms with van der Waals surface area (Å²) in [6.07, 6.45) is 5.82. The van der Waals surface area contributed by atoms with Crippen molar-refractivity contribution in [2.24, 2.45) is 5.73 Å². The number of ketones is 1. The first-order chi connectivity index (χ1) is 7.20. The monoisotopic (exact) mass is 210 g/mol. The van der Waals surface area contributed by atoms with Crippen LogP contribution >= 0.6 is 0 Å². The Labute approximate surface area is 89.8 Å². The molecule has 0 saturated carbocycles. The van der Waals surface area contributed by atoms with Crippen LogP contribution in [-0.2, 0) is 9.59 Å². The van der Waals surface area contributed by atoms with E-state index in [2.05, 4.69) is 0 Å². The van der Waals surface area contributed by atoms with Crippen molar-refractivity contribution in [2.45, 2.75) is 50.6 Å². The molecule has 2 aliphatic heterocycles. The van der Waals surface area contributed by atoms with Crippen molar-refractivity contribution < 1.29 is 9.59 Å². The summed E-state index contributed by atoms with van der Waals surface area (Å²) < 4.78 is 0. The third kappa shape index (κ3) is 2.04. The van der Waals surface area contributed by atoms with E-state index in [1.165, 1.54) is 12.8 Å². The summed E-state index contributed by atoms with van der Waals surface area (Å²) in [5, 5.41) is 0. The highest BCUT2D eigenvalue weighted by Gasteiger charge is 2.42. The van der Waals surface area contributed by atoms with Gasteiger partial charge in [-0.05, 0) is 19.4 Å². The number of Topliss-reactive ketones (excluding diaryl/α,β-unsaturated/α-hetero) is 1. The van der Waals surface area contributed by atoms with Crippen LogP contribution in [0.4, 0.5) is 0 Å². The van der Waals surface area contributed by atoms with E-state index in [4.69, 9.17) is 5.73 Å². The minimum atomic E-state index is -0.341. The van der Waals surface area contributed by atoms with Gasteiger partial charge in [0, 0.05) is 6.42 Å². The maximum absolute atomic E-state index is 11.7. The molecular formula is C11H18N2O2. The Bertz CT molecular complexity index is 278. The van der Waals surface area contributed by atoms with Crippen LogP contribution in [0.1, 0.15) is 38.5 Å². The summed E-state index contributed by atoms with van der Waals surface area (Å²) in [5.74, 6) is -0.132. The molecule has 84 valence electrons. The Morgan fingerprint density at radius 1 is 1.27 bits per heavy atom. The maximum atomic E-state index is 11.7. The fourth-order valence-corrected chi connectivity index (χ4v) is 2.73. The van der Waals surface area contributed by atoms with E-state index in [9.17, 15) is 9.59 Å². The molecular weight excluding hydrogens is 192 g/mol. The van der Waals surface area contributed by atoms with Crippen LogP contribution in [0, 0.1) is 0 Å². The molecule has 4 nitrogen and oxygen atoms in total. The Morgan fingerprint density at radius 2 is 2.00 bits per heavy atom. The summed E-state index contributed by atoms with van der Waals surface area (Å²) in [6.45, 7) is 0.851. The van der Waals surface area contributed by atoms with Crippen LogP contribution < -0.4 is 5.73 Å². The summed E-state index contributed by atoms with van der Waals surface area (Å²) in [4.78, 5) is 25.0. The van der Waals surface area contributed by atoms with Crippen LogP contribution in [0.3, 0.4) is 0 Å². The van der Waals surface area contributed by atoms with Crippen LogP contribution in [0.5, 0.6) is 0 Å². The van der Waals surface area contributed by atoms with Gasteiger partial charge in [0.2, 0.25) is 5.91 Å². The van der Waals surface area contributed by atoms with Gasteiger partial charge in [-0.15, -0.1) is 0 Å². The summed E-state index contributed by atoms with van der Waals surface area (Å²) in [7, 11) is 0. The van der Waals surface area contributed by atoms with Gasteiger partial charge in [0.25, 0.3) is 0 Å². The van der Waals surface area contributed by atoms with Crippen molar-refractivity contribution in [3.63, 3.8) is 0 Å². The van der Waals surface area contributed by atoms with Crippen molar-refractivity contribution in [2.75, 3.05) is 6.54 Å². The van der Waals surface area contributed by atoms with Gasteiger partial charge >= 0.3 is 0 Å². The van der Waals surface area contributed by atoms with Crippen LogP contribution in [-0.4, -0.2) is 35.2 Å². The van der Waals surface area contributed by atoms with E-state index in [0.29, 0.717) is 6.42 Å². The molecule has 2 fully saturated rings. The van der Waals surface area contributed by atoms with Crippen molar-refractivity contribution >= 4 is 11.7 Å². The highest BCUT2D eigenvalue weighted by atomic mass is 16.2. The van der Waals surface area contributed by atoms with Crippen molar-refractivity contribution in [1.29, 1.82) is 0 Å². The average molecular weight is 210 g/mol. The molecule has 0 aliphatic carbocycles. The minimum Gasteiger partial charge on any atom is -0.368 e. The van der Waals surface area contributed by atoms with Crippen LogP contribution in [0.2, 0.25) is 0 Å². The predicted molar refractivity (Wildman–Crippen MR) is 56.2 cm³/mol. The van der Waals surface area contributed by atoms with Crippen LogP contribution in [0.25, 0.3) is 0 Å². The maximum Gasteiger partial charge on any atom is 0.235 e. The lowest BCUT2D eigenvalue weighted by Crippen LogP contribution is -2.45. The van der Waals surface area contributed by atoms with Crippen LogP contribution in [0.15, 0.2) is 0 Å². The fraction of sp³-hybridized carbons (Fsp3) is 0.818. The molecule has 4 heteroatoms. The number of carbonyl (C=O) groups is 2. The number of nitrogens with two attached hydrogens (primary N) is 1. The predicted octanol–water partition coefficient (Wildman–Crippen LogP) is 0.448. The van der Waals surface area contributed by atoms with E-state index < -0.39 is 0 Å². The topological polar surface area (TPSA) is 63.4 Å². The first-order valence-corrected chi connectivity index (χ1v) is 5.78. The van der Waals surface area contributed by atoms with Gasteiger partial charge in [0.15, 0.2) is 5.78 Å². The minimum absolute atomic E-state index is 0.0252. The van der Waals surface area contributed by atoms with Crippen molar-refractivity contribution in [1.82, 2.24) is 4.90 Å². The van der Waals surface area contributed by atoms with Gasteiger partial charge in [0.1, 0.15) is 0 Å². The number of hydrogen-bond acceptors (Lipinski definition) is 3. The molecule has 0 aromatic rings. The summed E-state index contributed by atoms with van der Waals surface area (Å²) in [6, 6.07) is -0.358. The molecule has 15 heavy (non-hydrogen) atoms. The zero-order valence-corrected chi connectivity index (χ0v) is 8.95. The molecule has 2 unspecified atom stereocenters. The molecule has 1 amide bonds. The second kappa shape index (κ2) is 4.31. The third-order valence-electron chi connectivity index (χ3n) is 3.54. The molecule has 2 saturated heterocycles. The number of primary amides is 1. The van der Waals surface area contributed by atoms with Crippen molar-refractivity contribution in [3.05, 3.63) is 0 Å². The molecule has 0 aromatic heterocycles. The molecule has 0 radical (unpaired) electrons. The molecule has 2 heterocycles. The van der Waals surface area contributed by atoms with E-state index in [1.807, 2.05) is 4.90 Å². The molecule has 0 spiro atoms. The quantitative estimate of drug-likeness (QED) is 0.683. The lowest BCUT2D eigenvalue weighted by Gasteiger charge is -2.29. The Balaban J connectivity index is 2.13. The largest absolute Gasteiger partial charge is 0.368 e. The van der Waals surface area contributed by atoms with Gasteiger partial charge in [-0.1, -0.05) is 19.3 Å². The average Bonchev–Trinajstić information content (AvgIpc) is 2.42. The second-order valence-electron chi connectivity index (χ2n) is 4.55. The third-order valence-corrected chi connectivity index (χ3v) is 3.54. The molecule has 2 aliphatic rings. The summed E-state index contributed by atoms with van der Waals surface area (Å²) >= 11 is 0. The second-order valence-corrected chi connectivity index (χ2v) is 4.55. The van der Waals surface area contributed by atoms with Crippen molar-refractivity contribution in [3.8, 4) is 0 Å². The molecule has 2 rings (SSSR count). The Kier molecular flexibility index (Phi) is 3.05. The zero-order chi connectivity index (χ0) is 10.8. The Morgan fingerprint density at radius 3 is 2.73 bits per heavy atom. The number of fused-ring (bicyclic) bond motifs is 1. The zero-order valence-electron chi connectivity index (χ0n) is 8.95. The normalized spacial score (nSPS) is 33.2. The van der Waals surface area contributed by atoms with Gasteiger partial charge in [-0.25, -0.2) is 0 Å². The van der Waals surface area contributed by atoms with Gasteiger partial charge in [-0.2, -0.15) is 0 Å². The van der Waals surface area contributed by atoms with E-state index >= 15 is 0 Å². The summed E-state index contributed by atoms with van der Waals surface area (Å²) in [5.41, 5.74) is 5.32. The number of amides is 1. The van der Waals surface area contributed by atoms with E-state index in [-0.39, 0.29) is 23.8 Å². The van der Waals surface area contributed by atoms with Gasteiger partial charge < -0.3 is 5.73 Å². The lowest BCUT2D eigenvalue weighted by molar-refractivity contribution is -0.123. The van der Waals surface area contributed by atoms with E-state index in [1.54, 1.807) is 0 Å². The lowest BCUT2D eigenvalue weighted by atomic mass is 10.0. The Hall–Kier alpha value is -0.900. The first kappa shape index (κ1) is 10.6. The molecule has 0 aromatic carbocycles. The smallest absolute Gasteiger partial charge is 0.235 e. The number of rotatable bonds is 1. The molecule has 2 N–H and O–H groups in total. The fourth-order valence-electron chi connectivity index (χ4n) is 2.73. The molecule has 0 bridgehead atoms.